The predicted octanol–water partition coefficient (Wildman–Crippen LogP) is 4.36. The first-order chi connectivity index (χ1) is 11.3. The number of benzene rings is 1. The van der Waals surface area contributed by atoms with Crippen LogP contribution in [0.3, 0.4) is 0 Å². The van der Waals surface area contributed by atoms with Gasteiger partial charge in [0.15, 0.2) is 6.35 Å². The highest BCUT2D eigenvalue weighted by molar-refractivity contribution is 8.00. The molecule has 1 aromatic rings. The summed E-state index contributed by atoms with van der Waals surface area (Å²) in [5, 5.41) is 0. The van der Waals surface area contributed by atoms with Gasteiger partial charge in [-0.1, -0.05) is 0 Å². The van der Waals surface area contributed by atoms with Gasteiger partial charge in [-0.3, -0.25) is 8.75 Å². The zero-order valence-corrected chi connectivity index (χ0v) is 15.8. The van der Waals surface area contributed by atoms with E-state index in [0.717, 1.165) is 7.11 Å². The zero-order chi connectivity index (χ0) is 19.5. The lowest BCUT2D eigenvalue weighted by molar-refractivity contribution is -0.0329. The Hall–Kier alpha value is -0.650. The van der Waals surface area contributed by atoms with Gasteiger partial charge in [0.1, 0.15) is 10.7 Å². The van der Waals surface area contributed by atoms with Crippen molar-refractivity contribution in [3.05, 3.63) is 24.0 Å². The molecule has 0 aliphatic carbocycles. The van der Waals surface area contributed by atoms with Gasteiger partial charge in [0.05, 0.1) is 6.10 Å². The SMILES string of the molecule is COP(=O)(COS(=O)(=O)c1ccc(F)cc1SC(F)(F)F)OC(C)C. The molecule has 0 aliphatic rings. The standard InChI is InChI=1S/C12H15F4O6PS2/c1-8(2)22-23(17,20-3)7-21-25(18,19)11-5-4-9(13)6-10(11)24-12(14,15)16/h4-6,8H,7H2,1-3H3. The van der Waals surface area contributed by atoms with E-state index in [1.54, 1.807) is 0 Å². The van der Waals surface area contributed by atoms with Crippen LogP contribution in [0.5, 0.6) is 0 Å². The molecule has 0 heterocycles. The van der Waals surface area contributed by atoms with Crippen molar-refractivity contribution in [2.75, 3.05) is 13.5 Å². The molecule has 0 aromatic heterocycles. The molecule has 0 spiro atoms. The second-order valence-electron chi connectivity index (χ2n) is 4.79. The summed E-state index contributed by atoms with van der Waals surface area (Å²) < 4.78 is 101. The molecule has 0 radical (unpaired) electrons. The largest absolute Gasteiger partial charge is 0.446 e. The summed E-state index contributed by atoms with van der Waals surface area (Å²) >= 11 is -0.813. The van der Waals surface area contributed by atoms with Crippen molar-refractivity contribution >= 4 is 29.5 Å². The maximum absolute atomic E-state index is 13.2. The van der Waals surface area contributed by atoms with E-state index in [4.69, 9.17) is 4.52 Å². The topological polar surface area (TPSA) is 78.9 Å². The molecule has 1 unspecified atom stereocenters. The molecule has 144 valence electrons. The summed E-state index contributed by atoms with van der Waals surface area (Å²) in [6, 6.07) is 1.70. The van der Waals surface area contributed by atoms with E-state index in [-0.39, 0.29) is 0 Å². The highest BCUT2D eigenvalue weighted by atomic mass is 32.2. The van der Waals surface area contributed by atoms with E-state index in [9.17, 15) is 30.5 Å². The lowest BCUT2D eigenvalue weighted by Crippen LogP contribution is -2.13. The van der Waals surface area contributed by atoms with Gasteiger partial charge in [0.25, 0.3) is 10.1 Å². The summed E-state index contributed by atoms with van der Waals surface area (Å²) in [4.78, 5) is -1.83. The Bertz CT molecular complexity index is 750. The molecular weight excluding hydrogens is 411 g/mol. The normalized spacial score (nSPS) is 15.4. The molecule has 1 atom stereocenters. The summed E-state index contributed by atoms with van der Waals surface area (Å²) in [5.41, 5.74) is -4.85. The maximum Gasteiger partial charge on any atom is 0.446 e. The molecule has 6 nitrogen and oxygen atoms in total. The highest BCUT2D eigenvalue weighted by Crippen LogP contribution is 2.49. The number of rotatable bonds is 8. The minimum absolute atomic E-state index is 0.412. The molecule has 1 aromatic carbocycles. The Labute approximate surface area is 146 Å². The monoisotopic (exact) mass is 426 g/mol. The minimum atomic E-state index is -4.85. The minimum Gasteiger partial charge on any atom is -0.310 e. The van der Waals surface area contributed by atoms with E-state index in [2.05, 4.69) is 8.71 Å². The van der Waals surface area contributed by atoms with Gasteiger partial charge < -0.3 is 9.05 Å². The van der Waals surface area contributed by atoms with Crippen molar-refractivity contribution in [2.45, 2.75) is 35.3 Å². The van der Waals surface area contributed by atoms with Crippen molar-refractivity contribution in [1.29, 1.82) is 0 Å². The van der Waals surface area contributed by atoms with Crippen LogP contribution in [0, 0.1) is 5.82 Å². The van der Waals surface area contributed by atoms with E-state index in [1.807, 2.05) is 0 Å². The van der Waals surface area contributed by atoms with Crippen LogP contribution < -0.4 is 0 Å². The molecule has 0 bridgehead atoms. The number of hydrogen-bond donors (Lipinski definition) is 0. The van der Waals surface area contributed by atoms with Crippen LogP contribution in [0.1, 0.15) is 13.8 Å². The van der Waals surface area contributed by atoms with E-state index in [0.29, 0.717) is 18.2 Å². The van der Waals surface area contributed by atoms with Crippen LogP contribution >= 0.6 is 19.4 Å². The second kappa shape index (κ2) is 8.36. The molecule has 0 N–H and O–H groups in total. The van der Waals surface area contributed by atoms with Crippen molar-refractivity contribution in [3.63, 3.8) is 0 Å². The van der Waals surface area contributed by atoms with Crippen LogP contribution in [-0.2, 0) is 27.9 Å². The third-order valence-corrected chi connectivity index (χ3v) is 6.58. The maximum atomic E-state index is 13.2. The van der Waals surface area contributed by atoms with Gasteiger partial charge >= 0.3 is 13.1 Å². The van der Waals surface area contributed by atoms with E-state index in [1.165, 1.54) is 13.8 Å². The first kappa shape index (κ1) is 22.4. The first-order valence-corrected chi connectivity index (χ1v) is 10.5. The molecule has 1 rings (SSSR count). The Balaban J connectivity index is 3.12. The van der Waals surface area contributed by atoms with Crippen molar-refractivity contribution < 1.29 is 43.8 Å². The molecule has 0 amide bonds. The average Bonchev–Trinajstić information content (AvgIpc) is 2.42. The number of thioether (sulfide) groups is 1. The van der Waals surface area contributed by atoms with Gasteiger partial charge in [-0.15, -0.1) is 0 Å². The van der Waals surface area contributed by atoms with E-state index < -0.39 is 63.0 Å². The Morgan fingerprint density at radius 2 is 1.88 bits per heavy atom. The van der Waals surface area contributed by atoms with Crippen molar-refractivity contribution in [2.24, 2.45) is 0 Å². The highest BCUT2D eigenvalue weighted by Gasteiger charge is 2.35. The fourth-order valence-electron chi connectivity index (χ4n) is 1.54. The Kier molecular flexibility index (Phi) is 7.49. The average molecular weight is 426 g/mol. The van der Waals surface area contributed by atoms with E-state index >= 15 is 0 Å². The summed E-state index contributed by atoms with van der Waals surface area (Å²) in [6.07, 6.45) is -1.63. The predicted molar refractivity (Wildman–Crippen MR) is 82.3 cm³/mol. The molecule has 0 fully saturated rings. The lowest BCUT2D eigenvalue weighted by Gasteiger charge is -2.19. The smallest absolute Gasteiger partial charge is 0.310 e. The quantitative estimate of drug-likeness (QED) is 0.264. The van der Waals surface area contributed by atoms with Crippen LogP contribution in [0.25, 0.3) is 0 Å². The summed E-state index contributed by atoms with van der Waals surface area (Å²) in [7, 11) is -7.72. The van der Waals surface area contributed by atoms with Gasteiger partial charge in [-0.05, 0) is 43.8 Å². The third kappa shape index (κ3) is 7.24. The molecular formula is C12H15F4O6PS2. The Morgan fingerprint density at radius 3 is 2.36 bits per heavy atom. The van der Waals surface area contributed by atoms with Gasteiger partial charge in [0, 0.05) is 12.0 Å². The molecule has 13 heteroatoms. The van der Waals surface area contributed by atoms with Crippen LogP contribution in [0.2, 0.25) is 0 Å². The third-order valence-electron chi connectivity index (χ3n) is 2.42. The molecule has 0 saturated heterocycles. The first-order valence-electron chi connectivity index (χ1n) is 6.56. The molecule has 25 heavy (non-hydrogen) atoms. The fourth-order valence-corrected chi connectivity index (χ4v) is 5.19. The number of hydrogen-bond acceptors (Lipinski definition) is 7. The van der Waals surface area contributed by atoms with Crippen LogP contribution in [0.4, 0.5) is 17.6 Å². The summed E-state index contributed by atoms with van der Waals surface area (Å²) in [5.74, 6) is -1.06. The lowest BCUT2D eigenvalue weighted by atomic mass is 10.3. The van der Waals surface area contributed by atoms with Crippen LogP contribution in [0.15, 0.2) is 28.0 Å². The zero-order valence-electron chi connectivity index (χ0n) is 13.2. The summed E-state index contributed by atoms with van der Waals surface area (Å²) in [6.45, 7) is 3.02. The number of halogens is 4. The van der Waals surface area contributed by atoms with Gasteiger partial charge in [-0.2, -0.15) is 21.6 Å². The fraction of sp³-hybridized carbons (Fsp3) is 0.500. The molecule has 0 saturated carbocycles. The van der Waals surface area contributed by atoms with Gasteiger partial charge in [-0.25, -0.2) is 4.39 Å². The van der Waals surface area contributed by atoms with Crippen molar-refractivity contribution in [3.8, 4) is 0 Å². The Morgan fingerprint density at radius 1 is 1.28 bits per heavy atom. The molecule has 0 aliphatic heterocycles. The van der Waals surface area contributed by atoms with Gasteiger partial charge in [0.2, 0.25) is 0 Å². The van der Waals surface area contributed by atoms with Crippen LogP contribution in [-0.4, -0.2) is 33.5 Å². The van der Waals surface area contributed by atoms with Crippen molar-refractivity contribution in [1.82, 2.24) is 0 Å². The number of alkyl halides is 3. The second-order valence-corrected chi connectivity index (χ2v) is 9.53.